The van der Waals surface area contributed by atoms with Crippen molar-refractivity contribution in [2.75, 3.05) is 6.61 Å². The molecule has 0 spiro atoms. The van der Waals surface area contributed by atoms with Crippen molar-refractivity contribution < 1.29 is 4.84 Å². The van der Waals surface area contributed by atoms with Gasteiger partial charge in [0.15, 0.2) is 0 Å². The Kier molecular flexibility index (Phi) is 4.86. The highest BCUT2D eigenvalue weighted by Gasteiger charge is 1.98. The Balaban J connectivity index is 2.26. The minimum absolute atomic E-state index is 0.675. The maximum atomic E-state index is 5.89. The standard InChI is InChI=1S/C9H12ClNOS/c1-2-6-12-11-5-3-9-8(10)4-7-13-9/h4-5,7H,2-3,6H2,1H3. The van der Waals surface area contributed by atoms with Gasteiger partial charge in [0.05, 0.1) is 5.02 Å². The molecule has 0 saturated heterocycles. The molecule has 2 nitrogen and oxygen atoms in total. The van der Waals surface area contributed by atoms with E-state index in [4.69, 9.17) is 16.4 Å². The fraction of sp³-hybridized carbons (Fsp3) is 0.444. The van der Waals surface area contributed by atoms with Gasteiger partial charge in [-0.2, -0.15) is 0 Å². The first-order valence-corrected chi connectivity index (χ1v) is 5.46. The van der Waals surface area contributed by atoms with Crippen LogP contribution in [-0.4, -0.2) is 12.8 Å². The first-order valence-electron chi connectivity index (χ1n) is 4.20. The summed E-state index contributed by atoms with van der Waals surface area (Å²) in [6.45, 7) is 2.72. The van der Waals surface area contributed by atoms with E-state index in [0.29, 0.717) is 6.61 Å². The van der Waals surface area contributed by atoms with E-state index in [-0.39, 0.29) is 0 Å². The lowest BCUT2D eigenvalue weighted by Crippen LogP contribution is -1.87. The molecule has 0 fully saturated rings. The Bertz CT molecular complexity index is 272. The van der Waals surface area contributed by atoms with Crippen molar-refractivity contribution >= 4 is 29.2 Å². The van der Waals surface area contributed by atoms with Crippen molar-refractivity contribution in [1.82, 2.24) is 0 Å². The molecule has 72 valence electrons. The van der Waals surface area contributed by atoms with Crippen LogP contribution in [0.2, 0.25) is 5.02 Å². The van der Waals surface area contributed by atoms with Crippen LogP contribution in [-0.2, 0) is 11.3 Å². The van der Waals surface area contributed by atoms with E-state index in [1.54, 1.807) is 17.6 Å². The van der Waals surface area contributed by atoms with E-state index in [2.05, 4.69) is 5.16 Å². The molecule has 0 unspecified atom stereocenters. The largest absolute Gasteiger partial charge is 0.396 e. The minimum atomic E-state index is 0.675. The lowest BCUT2D eigenvalue weighted by Gasteiger charge is -1.93. The highest BCUT2D eigenvalue weighted by molar-refractivity contribution is 7.10. The summed E-state index contributed by atoms with van der Waals surface area (Å²) in [5, 5.41) is 6.58. The average Bonchev–Trinajstić information content (AvgIpc) is 2.52. The zero-order valence-corrected chi connectivity index (χ0v) is 9.07. The summed E-state index contributed by atoms with van der Waals surface area (Å²) in [5.74, 6) is 0. The Hall–Kier alpha value is -0.540. The quantitative estimate of drug-likeness (QED) is 0.421. The van der Waals surface area contributed by atoms with Crippen LogP contribution in [0.1, 0.15) is 18.2 Å². The second-order valence-electron chi connectivity index (χ2n) is 2.52. The molecule has 0 bridgehead atoms. The van der Waals surface area contributed by atoms with Crippen LogP contribution < -0.4 is 0 Å². The molecular formula is C9H12ClNOS. The number of hydrogen-bond acceptors (Lipinski definition) is 3. The van der Waals surface area contributed by atoms with Crippen LogP contribution in [0.5, 0.6) is 0 Å². The summed E-state index contributed by atoms with van der Waals surface area (Å²) in [4.78, 5) is 6.08. The number of nitrogens with zero attached hydrogens (tertiary/aromatic N) is 1. The Morgan fingerprint density at radius 2 is 2.54 bits per heavy atom. The second kappa shape index (κ2) is 6.00. The highest BCUT2D eigenvalue weighted by atomic mass is 35.5. The third kappa shape index (κ3) is 3.79. The molecule has 0 saturated carbocycles. The molecule has 0 aliphatic heterocycles. The van der Waals surface area contributed by atoms with E-state index in [0.717, 1.165) is 22.7 Å². The van der Waals surface area contributed by atoms with Gasteiger partial charge in [-0.3, -0.25) is 0 Å². The molecule has 0 radical (unpaired) electrons. The van der Waals surface area contributed by atoms with Gasteiger partial charge in [-0.25, -0.2) is 0 Å². The van der Waals surface area contributed by atoms with Crippen LogP contribution in [0.15, 0.2) is 16.6 Å². The molecule has 1 aromatic heterocycles. The molecule has 1 heterocycles. The summed E-state index contributed by atoms with van der Waals surface area (Å²) in [6.07, 6.45) is 3.48. The van der Waals surface area contributed by atoms with Gasteiger partial charge in [-0.05, 0) is 17.9 Å². The highest BCUT2D eigenvalue weighted by Crippen LogP contribution is 2.21. The molecule has 13 heavy (non-hydrogen) atoms. The molecular weight excluding hydrogens is 206 g/mol. The van der Waals surface area contributed by atoms with Crippen LogP contribution in [0.3, 0.4) is 0 Å². The topological polar surface area (TPSA) is 21.6 Å². The zero-order chi connectivity index (χ0) is 9.52. The summed E-state index contributed by atoms with van der Waals surface area (Å²) < 4.78 is 0. The molecule has 0 aliphatic carbocycles. The second-order valence-corrected chi connectivity index (χ2v) is 3.92. The van der Waals surface area contributed by atoms with Crippen LogP contribution in [0.4, 0.5) is 0 Å². The lowest BCUT2D eigenvalue weighted by molar-refractivity contribution is 0.146. The molecule has 0 aliphatic rings. The first-order chi connectivity index (χ1) is 6.34. The van der Waals surface area contributed by atoms with Crippen molar-refractivity contribution in [2.45, 2.75) is 19.8 Å². The van der Waals surface area contributed by atoms with E-state index >= 15 is 0 Å². The Morgan fingerprint density at radius 3 is 3.15 bits per heavy atom. The molecule has 4 heteroatoms. The fourth-order valence-electron chi connectivity index (χ4n) is 0.788. The average molecular weight is 218 g/mol. The van der Waals surface area contributed by atoms with Gasteiger partial charge in [0.2, 0.25) is 0 Å². The summed E-state index contributed by atoms with van der Waals surface area (Å²) in [6, 6.07) is 1.89. The minimum Gasteiger partial charge on any atom is -0.396 e. The van der Waals surface area contributed by atoms with Crippen molar-refractivity contribution in [3.8, 4) is 0 Å². The van der Waals surface area contributed by atoms with E-state index in [1.165, 1.54) is 0 Å². The molecule has 1 rings (SSSR count). The summed E-state index contributed by atoms with van der Waals surface area (Å²) >= 11 is 7.52. The predicted octanol–water partition coefficient (Wildman–Crippen LogP) is 3.36. The molecule has 0 N–H and O–H groups in total. The molecule has 0 amide bonds. The van der Waals surface area contributed by atoms with Crippen LogP contribution in [0.25, 0.3) is 0 Å². The third-order valence-corrected chi connectivity index (χ3v) is 2.82. The number of thiophene rings is 1. The zero-order valence-electron chi connectivity index (χ0n) is 7.50. The normalized spacial score (nSPS) is 10.9. The van der Waals surface area contributed by atoms with Gasteiger partial charge in [0, 0.05) is 17.5 Å². The van der Waals surface area contributed by atoms with Crippen molar-refractivity contribution in [1.29, 1.82) is 0 Å². The smallest absolute Gasteiger partial charge is 0.116 e. The molecule has 0 atom stereocenters. The third-order valence-electron chi connectivity index (χ3n) is 1.41. The number of hydrogen-bond donors (Lipinski definition) is 0. The lowest BCUT2D eigenvalue weighted by atomic mass is 10.4. The monoisotopic (exact) mass is 217 g/mol. The van der Waals surface area contributed by atoms with Gasteiger partial charge in [0.25, 0.3) is 0 Å². The van der Waals surface area contributed by atoms with Crippen molar-refractivity contribution in [2.24, 2.45) is 5.16 Å². The Morgan fingerprint density at radius 1 is 1.69 bits per heavy atom. The predicted molar refractivity (Wildman–Crippen MR) is 57.8 cm³/mol. The van der Waals surface area contributed by atoms with E-state index in [9.17, 15) is 0 Å². The van der Waals surface area contributed by atoms with Crippen LogP contribution in [0, 0.1) is 0 Å². The summed E-state index contributed by atoms with van der Waals surface area (Å²) in [5.41, 5.74) is 0. The SMILES string of the molecule is CCCON=CCc1sccc1Cl. The Labute approximate surface area is 87.2 Å². The van der Waals surface area contributed by atoms with E-state index in [1.807, 2.05) is 18.4 Å². The first kappa shape index (κ1) is 10.5. The van der Waals surface area contributed by atoms with Gasteiger partial charge < -0.3 is 4.84 Å². The molecule has 0 aromatic carbocycles. The fourth-order valence-corrected chi connectivity index (χ4v) is 1.86. The maximum absolute atomic E-state index is 5.89. The van der Waals surface area contributed by atoms with Gasteiger partial charge in [-0.15, -0.1) is 11.3 Å². The van der Waals surface area contributed by atoms with Gasteiger partial charge in [0.1, 0.15) is 6.61 Å². The van der Waals surface area contributed by atoms with Crippen LogP contribution >= 0.6 is 22.9 Å². The van der Waals surface area contributed by atoms with Crippen molar-refractivity contribution in [3.63, 3.8) is 0 Å². The van der Waals surface area contributed by atoms with E-state index < -0.39 is 0 Å². The maximum Gasteiger partial charge on any atom is 0.116 e. The summed E-state index contributed by atoms with van der Waals surface area (Å²) in [7, 11) is 0. The molecule has 1 aromatic rings. The number of oxime groups is 1. The number of halogens is 1. The van der Waals surface area contributed by atoms with Gasteiger partial charge in [-0.1, -0.05) is 23.7 Å². The number of rotatable bonds is 5. The van der Waals surface area contributed by atoms with Crippen molar-refractivity contribution in [3.05, 3.63) is 21.3 Å². The van der Waals surface area contributed by atoms with Gasteiger partial charge >= 0.3 is 0 Å².